The average Bonchev–Trinajstić information content (AvgIpc) is 2.93. The van der Waals surface area contributed by atoms with Crippen molar-refractivity contribution in [1.29, 1.82) is 0 Å². The predicted octanol–water partition coefficient (Wildman–Crippen LogP) is 2.52. The summed E-state index contributed by atoms with van der Waals surface area (Å²) in [7, 11) is 0. The van der Waals surface area contributed by atoms with Crippen LogP contribution in [0, 0.1) is 6.92 Å². The molecule has 1 unspecified atom stereocenters. The van der Waals surface area contributed by atoms with Gasteiger partial charge in [0.1, 0.15) is 0 Å². The maximum Gasteiger partial charge on any atom is 0.258 e. The van der Waals surface area contributed by atoms with Crippen LogP contribution in [0.4, 0.5) is 5.69 Å². The van der Waals surface area contributed by atoms with Gasteiger partial charge < -0.3 is 15.0 Å². The minimum Gasteiger partial charge on any atom is -0.398 e. The van der Waals surface area contributed by atoms with E-state index in [0.717, 1.165) is 42.1 Å². The van der Waals surface area contributed by atoms with E-state index in [4.69, 9.17) is 15.0 Å². The molecule has 0 aliphatic carbocycles. The normalized spacial score (nSPS) is 19.5. The maximum atomic E-state index is 5.90. The molecule has 100 valence electrons. The Balaban J connectivity index is 1.85. The van der Waals surface area contributed by atoms with Crippen LogP contribution in [0.15, 0.2) is 22.7 Å². The van der Waals surface area contributed by atoms with Gasteiger partial charge in [-0.05, 0) is 37.5 Å². The highest BCUT2D eigenvalue weighted by Crippen LogP contribution is 2.27. The number of aryl methyl sites for hydroxylation is 1. The lowest BCUT2D eigenvalue weighted by Crippen LogP contribution is -2.16. The molecule has 1 aliphatic heterocycles. The highest BCUT2D eigenvalue weighted by Gasteiger charge is 2.22. The van der Waals surface area contributed by atoms with Crippen molar-refractivity contribution in [3.63, 3.8) is 0 Å². The molecule has 3 rings (SSSR count). The highest BCUT2D eigenvalue weighted by atomic mass is 16.5. The molecule has 1 aliphatic rings. The Morgan fingerprint density at radius 1 is 1.37 bits per heavy atom. The molecule has 5 nitrogen and oxygen atoms in total. The van der Waals surface area contributed by atoms with Crippen LogP contribution in [-0.2, 0) is 4.74 Å². The van der Waals surface area contributed by atoms with Crippen LogP contribution >= 0.6 is 0 Å². The Morgan fingerprint density at radius 3 is 3.00 bits per heavy atom. The first-order chi connectivity index (χ1) is 9.24. The van der Waals surface area contributed by atoms with Crippen molar-refractivity contribution in [1.82, 2.24) is 10.1 Å². The van der Waals surface area contributed by atoms with E-state index in [1.165, 1.54) is 0 Å². The van der Waals surface area contributed by atoms with Crippen LogP contribution in [0.5, 0.6) is 0 Å². The summed E-state index contributed by atoms with van der Waals surface area (Å²) in [4.78, 5) is 4.46. The summed E-state index contributed by atoms with van der Waals surface area (Å²) in [6, 6.07) is 5.77. The molecule has 1 aromatic carbocycles. The molecular formula is C14H17N3O2. The molecule has 0 amide bonds. The van der Waals surface area contributed by atoms with Crippen LogP contribution < -0.4 is 5.73 Å². The summed E-state index contributed by atoms with van der Waals surface area (Å²) in [5, 5.41) is 4.06. The summed E-state index contributed by atoms with van der Waals surface area (Å²) in [6.45, 7) is 3.47. The molecule has 2 heterocycles. The van der Waals surface area contributed by atoms with Gasteiger partial charge in [-0.25, -0.2) is 0 Å². The van der Waals surface area contributed by atoms with Gasteiger partial charge in [0.05, 0.1) is 6.61 Å². The van der Waals surface area contributed by atoms with E-state index in [1.54, 1.807) is 0 Å². The van der Waals surface area contributed by atoms with E-state index in [1.807, 2.05) is 25.1 Å². The first kappa shape index (κ1) is 12.2. The smallest absolute Gasteiger partial charge is 0.258 e. The van der Waals surface area contributed by atoms with Gasteiger partial charge in [0.2, 0.25) is 0 Å². The lowest BCUT2D eigenvalue weighted by Gasteiger charge is -2.18. The molecule has 2 aromatic rings. The van der Waals surface area contributed by atoms with Gasteiger partial charge in [-0.1, -0.05) is 11.2 Å². The van der Waals surface area contributed by atoms with E-state index in [0.29, 0.717) is 12.5 Å². The van der Waals surface area contributed by atoms with Gasteiger partial charge in [-0.15, -0.1) is 0 Å². The number of nitrogens with two attached hydrogens (primary N) is 1. The van der Waals surface area contributed by atoms with Crippen molar-refractivity contribution in [3.8, 4) is 11.5 Å². The number of hydrogen-bond acceptors (Lipinski definition) is 5. The Labute approximate surface area is 111 Å². The van der Waals surface area contributed by atoms with E-state index < -0.39 is 0 Å². The number of ether oxygens (including phenoxy) is 1. The van der Waals surface area contributed by atoms with E-state index in [2.05, 4.69) is 10.1 Å². The second-order valence-corrected chi connectivity index (χ2v) is 4.94. The molecule has 0 saturated carbocycles. The van der Waals surface area contributed by atoms with Crippen LogP contribution in [-0.4, -0.2) is 23.4 Å². The van der Waals surface area contributed by atoms with Crippen molar-refractivity contribution in [2.75, 3.05) is 18.9 Å². The second-order valence-electron chi connectivity index (χ2n) is 4.94. The minimum absolute atomic E-state index is 0.244. The van der Waals surface area contributed by atoms with Crippen LogP contribution in [0.1, 0.15) is 30.1 Å². The number of aromatic nitrogens is 2. The van der Waals surface area contributed by atoms with Crippen molar-refractivity contribution < 1.29 is 9.26 Å². The Kier molecular flexibility index (Phi) is 3.21. The number of anilines is 1. The number of benzene rings is 1. The number of nitrogens with zero attached hydrogens (tertiary/aromatic N) is 2. The molecule has 19 heavy (non-hydrogen) atoms. The standard InChI is InChI=1S/C14H17N3O2/c1-9-4-5-10(7-12(9)15)14-16-13(17-19-14)11-3-2-6-18-8-11/h4-5,7,11H,2-3,6,8,15H2,1H3. The fourth-order valence-corrected chi connectivity index (χ4v) is 2.24. The lowest BCUT2D eigenvalue weighted by atomic mass is 10.0. The summed E-state index contributed by atoms with van der Waals surface area (Å²) in [5.41, 5.74) is 8.54. The van der Waals surface area contributed by atoms with Crippen molar-refractivity contribution >= 4 is 5.69 Å². The largest absolute Gasteiger partial charge is 0.398 e. The summed E-state index contributed by atoms with van der Waals surface area (Å²) in [6.07, 6.45) is 2.10. The third-order valence-electron chi connectivity index (χ3n) is 3.49. The first-order valence-corrected chi connectivity index (χ1v) is 6.52. The quantitative estimate of drug-likeness (QED) is 0.839. The molecule has 0 bridgehead atoms. The first-order valence-electron chi connectivity index (χ1n) is 6.52. The highest BCUT2D eigenvalue weighted by molar-refractivity contribution is 5.62. The molecule has 1 fully saturated rings. The van der Waals surface area contributed by atoms with E-state index in [-0.39, 0.29) is 5.92 Å². The third-order valence-corrected chi connectivity index (χ3v) is 3.49. The zero-order valence-electron chi connectivity index (χ0n) is 10.9. The topological polar surface area (TPSA) is 74.2 Å². The molecule has 5 heteroatoms. The Hall–Kier alpha value is -1.88. The zero-order chi connectivity index (χ0) is 13.2. The lowest BCUT2D eigenvalue weighted by molar-refractivity contribution is 0.0773. The van der Waals surface area contributed by atoms with E-state index in [9.17, 15) is 0 Å². The molecule has 0 spiro atoms. The average molecular weight is 259 g/mol. The molecule has 1 atom stereocenters. The van der Waals surface area contributed by atoms with E-state index >= 15 is 0 Å². The molecule has 1 saturated heterocycles. The number of rotatable bonds is 2. The second kappa shape index (κ2) is 5.01. The van der Waals surface area contributed by atoms with Gasteiger partial charge in [-0.2, -0.15) is 4.98 Å². The van der Waals surface area contributed by atoms with Crippen molar-refractivity contribution in [3.05, 3.63) is 29.6 Å². The predicted molar refractivity (Wildman–Crippen MR) is 71.7 cm³/mol. The summed E-state index contributed by atoms with van der Waals surface area (Å²) < 4.78 is 10.8. The van der Waals surface area contributed by atoms with Gasteiger partial charge in [-0.3, -0.25) is 0 Å². The SMILES string of the molecule is Cc1ccc(-c2nc(C3CCCOC3)no2)cc1N. The monoisotopic (exact) mass is 259 g/mol. The Bertz CT molecular complexity index is 574. The molecule has 1 aromatic heterocycles. The fourth-order valence-electron chi connectivity index (χ4n) is 2.24. The molecule has 2 N–H and O–H groups in total. The zero-order valence-corrected chi connectivity index (χ0v) is 10.9. The third kappa shape index (κ3) is 2.46. The van der Waals surface area contributed by atoms with Gasteiger partial charge >= 0.3 is 0 Å². The van der Waals surface area contributed by atoms with Crippen LogP contribution in [0.25, 0.3) is 11.5 Å². The van der Waals surface area contributed by atoms with Crippen molar-refractivity contribution in [2.24, 2.45) is 0 Å². The number of hydrogen-bond donors (Lipinski definition) is 1. The van der Waals surface area contributed by atoms with Gasteiger partial charge in [0.15, 0.2) is 5.82 Å². The fraction of sp³-hybridized carbons (Fsp3) is 0.429. The van der Waals surface area contributed by atoms with Crippen LogP contribution in [0.3, 0.4) is 0 Å². The summed E-state index contributed by atoms with van der Waals surface area (Å²) >= 11 is 0. The molecule has 0 radical (unpaired) electrons. The molecular weight excluding hydrogens is 242 g/mol. The van der Waals surface area contributed by atoms with Gasteiger partial charge in [0.25, 0.3) is 5.89 Å². The van der Waals surface area contributed by atoms with Crippen LogP contribution in [0.2, 0.25) is 0 Å². The number of nitrogen functional groups attached to an aromatic ring is 1. The summed E-state index contributed by atoms with van der Waals surface area (Å²) in [5.74, 6) is 1.50. The maximum absolute atomic E-state index is 5.90. The van der Waals surface area contributed by atoms with Crippen molar-refractivity contribution in [2.45, 2.75) is 25.7 Å². The Morgan fingerprint density at radius 2 is 2.26 bits per heavy atom. The minimum atomic E-state index is 0.244. The van der Waals surface area contributed by atoms with Gasteiger partial charge in [0, 0.05) is 23.8 Å².